The van der Waals surface area contributed by atoms with Gasteiger partial charge in [-0.3, -0.25) is 5.16 Å². The monoisotopic (exact) mass is 355 g/mol. The van der Waals surface area contributed by atoms with Gasteiger partial charge in [-0.2, -0.15) is 0 Å². The van der Waals surface area contributed by atoms with Gasteiger partial charge in [-0.05, 0) is 24.0 Å². The van der Waals surface area contributed by atoms with E-state index in [1.165, 1.54) is 24.0 Å². The molecule has 4 rings (SSSR count). The molecule has 0 bridgehead atoms. The number of rotatable bonds is 4. The quantitative estimate of drug-likeness (QED) is 0.772. The van der Waals surface area contributed by atoms with Crippen LogP contribution in [0.25, 0.3) is 0 Å². The summed E-state index contributed by atoms with van der Waals surface area (Å²) >= 11 is 0. The number of fused-ring (bicyclic) bond motifs is 1. The third kappa shape index (κ3) is 3.32. The van der Waals surface area contributed by atoms with E-state index in [0.29, 0.717) is 25.2 Å². The summed E-state index contributed by atoms with van der Waals surface area (Å²) in [5.41, 5.74) is 2.36. The molecule has 2 atom stereocenters. The summed E-state index contributed by atoms with van der Waals surface area (Å²) in [6.45, 7) is 1.34. The zero-order chi connectivity index (χ0) is 17.3. The van der Waals surface area contributed by atoms with Gasteiger partial charge in [0.15, 0.2) is 0 Å². The Bertz CT molecular complexity index is 691. The Morgan fingerprint density at radius 2 is 1.20 bits per heavy atom. The van der Waals surface area contributed by atoms with Crippen molar-refractivity contribution in [3.63, 3.8) is 0 Å². The summed E-state index contributed by atoms with van der Waals surface area (Å²) in [6, 6.07) is 21.1. The normalized spacial score (nSPS) is 26.4. The van der Waals surface area contributed by atoms with Gasteiger partial charge in [0.2, 0.25) is 7.58 Å². The summed E-state index contributed by atoms with van der Waals surface area (Å²) in [5, 5.41) is 8.91. The van der Waals surface area contributed by atoms with E-state index < -0.39 is 7.58 Å². The Hall–Kier alpha value is -1.45. The lowest BCUT2D eigenvalue weighted by atomic mass is 9.90. The molecular formula is C20H26N3OP. The molecule has 5 heteroatoms. The van der Waals surface area contributed by atoms with Crippen LogP contribution in [0.2, 0.25) is 0 Å². The van der Waals surface area contributed by atoms with Crippen LogP contribution >= 0.6 is 7.58 Å². The summed E-state index contributed by atoms with van der Waals surface area (Å²) in [4.78, 5) is 11.3. The molecular weight excluding hydrogens is 329 g/mol. The zero-order valence-corrected chi connectivity index (χ0v) is 15.4. The molecule has 2 aromatic carbocycles. The molecule has 0 unspecified atom stereocenters. The van der Waals surface area contributed by atoms with Crippen molar-refractivity contribution in [2.45, 2.75) is 50.9 Å². The minimum atomic E-state index is -3.03. The molecule has 2 aromatic rings. The Balaban J connectivity index is 1.64. The van der Waals surface area contributed by atoms with Gasteiger partial charge >= 0.3 is 0 Å². The Labute approximate surface area is 150 Å². The standard InChI is InChI=1S/C20H26N3OP/c21-25(24)22(15-17-9-3-1-4-10-17)19-13-7-8-14-20(19)23(25)16-18-11-5-2-6-12-18/h1-6,9-12,19-20H,7-8,13-16H2,(H2,21,24)/t19-,20-/m1/s1. The first-order valence-corrected chi connectivity index (χ1v) is 10.8. The second-order valence-electron chi connectivity index (χ2n) is 7.15. The first kappa shape index (κ1) is 17.0. The van der Waals surface area contributed by atoms with Crippen LogP contribution in [-0.2, 0) is 13.1 Å². The van der Waals surface area contributed by atoms with Crippen LogP contribution < -0.4 is 0 Å². The van der Waals surface area contributed by atoms with Crippen LogP contribution in [0.5, 0.6) is 0 Å². The molecule has 0 spiro atoms. The maximum absolute atomic E-state index is 11.3. The molecule has 2 N–H and O–H groups in total. The molecule has 1 saturated carbocycles. The van der Waals surface area contributed by atoms with E-state index >= 15 is 0 Å². The van der Waals surface area contributed by atoms with Gasteiger partial charge in [0.25, 0.3) is 0 Å². The summed E-state index contributed by atoms with van der Waals surface area (Å²) in [5.74, 6) is 0. The zero-order valence-electron chi connectivity index (χ0n) is 14.5. The van der Waals surface area contributed by atoms with E-state index in [1.54, 1.807) is 0 Å². The fourth-order valence-electron chi connectivity index (χ4n) is 4.32. The van der Waals surface area contributed by atoms with Gasteiger partial charge in [0.05, 0.1) is 0 Å². The molecule has 25 heavy (non-hydrogen) atoms. The predicted octanol–water partition coefficient (Wildman–Crippen LogP) is 4.83. The van der Waals surface area contributed by atoms with Gasteiger partial charge in [-0.25, -0.2) is 9.34 Å². The third-order valence-corrected chi connectivity index (χ3v) is 7.86. The average molecular weight is 355 g/mol. The largest absolute Gasteiger partial charge is 0.337 e. The fraction of sp³-hybridized carbons (Fsp3) is 0.400. The highest BCUT2D eigenvalue weighted by Crippen LogP contribution is 2.62. The van der Waals surface area contributed by atoms with Crippen molar-refractivity contribution in [3.8, 4) is 0 Å². The van der Waals surface area contributed by atoms with Gasteiger partial charge < -0.3 is 4.89 Å². The minimum Gasteiger partial charge on any atom is -0.337 e. The van der Waals surface area contributed by atoms with Gasteiger partial charge in [-0.1, -0.05) is 73.5 Å². The third-order valence-electron chi connectivity index (χ3n) is 5.55. The van der Waals surface area contributed by atoms with E-state index in [9.17, 15) is 4.89 Å². The Kier molecular flexibility index (Phi) is 4.79. The molecule has 1 saturated heterocycles. The molecule has 1 heterocycles. The van der Waals surface area contributed by atoms with Crippen molar-refractivity contribution in [3.05, 3.63) is 71.8 Å². The Morgan fingerprint density at radius 1 is 0.800 bits per heavy atom. The molecule has 2 fully saturated rings. The molecule has 132 valence electrons. The second-order valence-corrected chi connectivity index (χ2v) is 9.32. The smallest absolute Gasteiger partial charge is 0.223 e. The van der Waals surface area contributed by atoms with Crippen LogP contribution in [0.15, 0.2) is 60.7 Å². The van der Waals surface area contributed by atoms with Crippen LogP contribution in [0.3, 0.4) is 0 Å². The van der Waals surface area contributed by atoms with Crippen LogP contribution in [0.1, 0.15) is 36.8 Å². The topological polar surface area (TPSA) is 50.6 Å². The van der Waals surface area contributed by atoms with E-state index in [2.05, 4.69) is 33.6 Å². The maximum atomic E-state index is 11.3. The molecule has 0 radical (unpaired) electrons. The highest BCUT2D eigenvalue weighted by Gasteiger charge is 2.51. The lowest BCUT2D eigenvalue weighted by Gasteiger charge is -2.31. The van der Waals surface area contributed by atoms with Crippen LogP contribution in [0.4, 0.5) is 0 Å². The number of nitrogens with one attached hydrogen (secondary N) is 1. The number of hydrogen-bond acceptors (Lipinski definition) is 1. The highest BCUT2D eigenvalue weighted by molar-refractivity contribution is 7.54. The van der Waals surface area contributed by atoms with Crippen molar-refractivity contribution in [2.75, 3.05) is 0 Å². The SMILES string of the molecule is N=P1(O)N(Cc2ccccc2)[C@@H]2CCCC[C@H]2N1Cc1ccccc1. The lowest BCUT2D eigenvalue weighted by Crippen LogP contribution is -2.39. The lowest BCUT2D eigenvalue weighted by molar-refractivity contribution is 0.197. The molecule has 0 amide bonds. The molecule has 4 nitrogen and oxygen atoms in total. The van der Waals surface area contributed by atoms with Gasteiger partial charge in [-0.15, -0.1) is 0 Å². The Morgan fingerprint density at radius 3 is 1.60 bits per heavy atom. The summed E-state index contributed by atoms with van der Waals surface area (Å²) < 4.78 is 4.21. The van der Waals surface area contributed by atoms with Crippen molar-refractivity contribution in [1.82, 2.24) is 9.34 Å². The highest BCUT2D eigenvalue weighted by atomic mass is 31.2. The fourth-order valence-corrected chi connectivity index (χ4v) is 6.70. The predicted molar refractivity (Wildman–Crippen MR) is 102 cm³/mol. The first-order chi connectivity index (χ1) is 12.2. The number of nitrogens with zero attached hydrogens (tertiary/aromatic N) is 2. The molecule has 2 aliphatic rings. The average Bonchev–Trinajstić information content (AvgIpc) is 2.85. The van der Waals surface area contributed by atoms with Gasteiger partial charge in [0, 0.05) is 25.2 Å². The molecule has 1 aliphatic heterocycles. The molecule has 0 aromatic heterocycles. The number of hydrogen-bond donors (Lipinski definition) is 2. The maximum Gasteiger partial charge on any atom is 0.223 e. The van der Waals surface area contributed by atoms with E-state index in [-0.39, 0.29) is 0 Å². The van der Waals surface area contributed by atoms with Crippen LogP contribution in [-0.4, -0.2) is 26.3 Å². The van der Waals surface area contributed by atoms with Crippen molar-refractivity contribution in [2.24, 2.45) is 0 Å². The van der Waals surface area contributed by atoms with Crippen LogP contribution in [0, 0.1) is 5.16 Å². The molecule has 1 aliphatic carbocycles. The summed E-state index contributed by atoms with van der Waals surface area (Å²) in [6.07, 6.45) is 4.57. The van der Waals surface area contributed by atoms with Crippen molar-refractivity contribution >= 4 is 7.58 Å². The van der Waals surface area contributed by atoms with E-state index in [0.717, 1.165) is 12.8 Å². The number of benzene rings is 2. The van der Waals surface area contributed by atoms with Crippen molar-refractivity contribution < 1.29 is 4.89 Å². The second kappa shape index (κ2) is 7.05. The summed E-state index contributed by atoms with van der Waals surface area (Å²) in [7, 11) is -3.03. The van der Waals surface area contributed by atoms with E-state index in [1.807, 2.05) is 36.4 Å². The van der Waals surface area contributed by atoms with Gasteiger partial charge in [0.1, 0.15) is 0 Å². The van der Waals surface area contributed by atoms with Crippen molar-refractivity contribution in [1.29, 1.82) is 5.16 Å². The minimum absolute atomic E-state index is 0.300. The van der Waals surface area contributed by atoms with E-state index in [4.69, 9.17) is 5.16 Å². The first-order valence-electron chi connectivity index (χ1n) is 9.15.